The maximum Gasteiger partial charge on any atom is 0.415 e. The summed E-state index contributed by atoms with van der Waals surface area (Å²) in [4.78, 5) is 45.3. The minimum absolute atomic E-state index is 0.0368. The first-order chi connectivity index (χ1) is 34.1. The molecule has 0 bridgehead atoms. The van der Waals surface area contributed by atoms with Gasteiger partial charge in [0.2, 0.25) is 5.52 Å². The van der Waals surface area contributed by atoms with Crippen molar-refractivity contribution in [3.8, 4) is 0 Å². The lowest BCUT2D eigenvalue weighted by molar-refractivity contribution is -0.669. The molecule has 70 heavy (non-hydrogen) atoms. The summed E-state index contributed by atoms with van der Waals surface area (Å²) in [5, 5.41) is 6.86. The molecule has 0 spiro atoms. The number of anilines is 1. The molecule has 0 N–H and O–H groups in total. The fraction of sp³-hybridized carbons (Fsp3) is 0.213. The number of carbonyl (C=O) groups is 3. The average molecular weight is 961 g/mol. The van der Waals surface area contributed by atoms with Crippen LogP contribution in [0.4, 0.5) is 10.5 Å². The number of allylic oxidation sites excluding steroid dienone is 7. The van der Waals surface area contributed by atoms with Crippen molar-refractivity contribution in [1.82, 2.24) is 4.90 Å². The average Bonchev–Trinajstić information content (AvgIpc) is 4.08. The molecule has 1 aliphatic carbocycles. The second kappa shape index (κ2) is 21.7. The summed E-state index contributed by atoms with van der Waals surface area (Å²) in [7, 11) is 0. The van der Waals surface area contributed by atoms with E-state index >= 15 is 4.79 Å². The number of nitrogens with zero attached hydrogens (tertiary/aromatic N) is 3. The standard InChI is InChI=1S/C61H58N3O4S2/c1-5-49(65)25-17-40-62-53-35-31-44-21-13-15-27-51(44)58(53)69-55(62)37-33-46-29-30-47(34-38-56-63(41-18-26-50(66)6-2)54-36-32-45-22-14-16-28-52(45)59(54)70-56)57(46)64(42-39-43-19-9-7-10-20-43)60(67)68-61(3,4)48-23-11-8-12-24-48/h5-16,19-24,27-28,31-38H,1-2,17-18,25-26,29-30,39-42H2,3-4H3/q+1. The molecule has 0 radical (unpaired) electrons. The molecule has 0 saturated heterocycles. The summed E-state index contributed by atoms with van der Waals surface area (Å²) in [6, 6.07) is 45.9. The fourth-order valence-electron chi connectivity index (χ4n) is 9.47. The molecule has 352 valence electrons. The minimum Gasteiger partial charge on any atom is -0.438 e. The van der Waals surface area contributed by atoms with Gasteiger partial charge in [-0.1, -0.05) is 158 Å². The van der Waals surface area contributed by atoms with Gasteiger partial charge in [0, 0.05) is 54.8 Å². The molecule has 6 aromatic carbocycles. The summed E-state index contributed by atoms with van der Waals surface area (Å²) >= 11 is 3.49. The van der Waals surface area contributed by atoms with Crippen molar-refractivity contribution in [2.24, 2.45) is 0 Å². The van der Waals surface area contributed by atoms with Crippen LogP contribution < -0.4 is 9.47 Å². The van der Waals surface area contributed by atoms with E-state index in [1.54, 1.807) is 23.1 Å². The Bertz CT molecular complexity index is 3250. The van der Waals surface area contributed by atoms with Crippen molar-refractivity contribution in [3.05, 3.63) is 215 Å². The predicted octanol–water partition coefficient (Wildman–Crippen LogP) is 14.6. The van der Waals surface area contributed by atoms with Crippen molar-refractivity contribution in [1.29, 1.82) is 0 Å². The van der Waals surface area contributed by atoms with E-state index < -0.39 is 11.7 Å². The second-order valence-electron chi connectivity index (χ2n) is 18.2. The number of ketones is 2. The lowest BCUT2D eigenvalue weighted by atomic mass is 9.98. The molecular weight excluding hydrogens is 903 g/mol. The second-order valence-corrected chi connectivity index (χ2v) is 20.3. The van der Waals surface area contributed by atoms with E-state index in [-0.39, 0.29) is 11.6 Å². The van der Waals surface area contributed by atoms with Crippen LogP contribution in [0.2, 0.25) is 0 Å². The number of rotatable bonds is 19. The Kier molecular flexibility index (Phi) is 14.9. The third-order valence-electron chi connectivity index (χ3n) is 13.2. The first-order valence-corrected chi connectivity index (χ1v) is 25.8. The minimum atomic E-state index is -0.911. The number of aromatic nitrogens is 1. The van der Waals surface area contributed by atoms with Gasteiger partial charge in [-0.2, -0.15) is 4.57 Å². The summed E-state index contributed by atoms with van der Waals surface area (Å²) in [5.41, 5.74) is 6.29. The Morgan fingerprint density at radius 2 is 1.40 bits per heavy atom. The molecule has 1 aromatic heterocycles. The highest BCUT2D eigenvalue weighted by Gasteiger charge is 2.34. The zero-order valence-corrected chi connectivity index (χ0v) is 41.6. The Hall–Kier alpha value is -7.07. The molecule has 9 heteroatoms. The molecule has 0 atom stereocenters. The highest BCUT2D eigenvalue weighted by Crippen LogP contribution is 2.50. The van der Waals surface area contributed by atoms with Gasteiger partial charge in [-0.25, -0.2) is 4.79 Å². The zero-order chi connectivity index (χ0) is 48.6. The van der Waals surface area contributed by atoms with Crippen LogP contribution in [0, 0.1) is 0 Å². The van der Waals surface area contributed by atoms with Crippen LogP contribution in [0.3, 0.4) is 0 Å². The van der Waals surface area contributed by atoms with E-state index in [1.807, 2.05) is 67.3 Å². The number of fused-ring (bicyclic) bond motifs is 6. The molecule has 1 aliphatic heterocycles. The first kappa shape index (κ1) is 48.0. The van der Waals surface area contributed by atoms with Crippen LogP contribution in [0.25, 0.3) is 37.8 Å². The number of thiazole rings is 1. The summed E-state index contributed by atoms with van der Waals surface area (Å²) in [5.74, 6) is 0.0737. The number of thioether (sulfide) groups is 1. The number of ether oxygens (including phenoxy) is 1. The van der Waals surface area contributed by atoms with Crippen LogP contribution in [0.1, 0.15) is 68.5 Å². The van der Waals surface area contributed by atoms with Crippen molar-refractivity contribution in [2.45, 2.75) is 75.8 Å². The van der Waals surface area contributed by atoms with Crippen molar-refractivity contribution < 1.29 is 23.7 Å². The highest BCUT2D eigenvalue weighted by atomic mass is 32.2. The number of benzene rings is 6. The van der Waals surface area contributed by atoms with Gasteiger partial charge in [0.1, 0.15) is 10.3 Å². The van der Waals surface area contributed by atoms with Crippen molar-refractivity contribution in [2.75, 3.05) is 18.0 Å². The molecule has 0 saturated carbocycles. The number of aryl methyl sites for hydroxylation is 1. The molecule has 2 aliphatic rings. The smallest absolute Gasteiger partial charge is 0.415 e. The number of amides is 1. The van der Waals surface area contributed by atoms with E-state index in [9.17, 15) is 9.59 Å². The maximum absolute atomic E-state index is 15.1. The first-order valence-electron chi connectivity index (χ1n) is 24.2. The molecule has 2 heterocycles. The topological polar surface area (TPSA) is 70.8 Å². The van der Waals surface area contributed by atoms with Crippen molar-refractivity contribution in [3.63, 3.8) is 0 Å². The molecular formula is C61H58N3O4S2+. The number of carbonyl (C=O) groups excluding carboxylic acids is 3. The Balaban J connectivity index is 1.17. The van der Waals surface area contributed by atoms with Crippen LogP contribution in [-0.2, 0) is 32.9 Å². The molecule has 7 nitrogen and oxygen atoms in total. The van der Waals surface area contributed by atoms with E-state index in [0.29, 0.717) is 64.6 Å². The molecule has 0 fully saturated rings. The lowest BCUT2D eigenvalue weighted by Crippen LogP contribution is -2.38. The Labute approximate surface area is 419 Å². The lowest BCUT2D eigenvalue weighted by Gasteiger charge is -2.32. The summed E-state index contributed by atoms with van der Waals surface area (Å²) < 4.78 is 10.1. The predicted molar refractivity (Wildman–Crippen MR) is 290 cm³/mol. The fourth-order valence-corrected chi connectivity index (χ4v) is 11.9. The molecule has 9 rings (SSSR count). The van der Waals surface area contributed by atoms with Crippen LogP contribution in [0.15, 0.2) is 204 Å². The third-order valence-corrected chi connectivity index (χ3v) is 15.6. The maximum atomic E-state index is 15.1. The Morgan fingerprint density at radius 3 is 2.14 bits per heavy atom. The van der Waals surface area contributed by atoms with Crippen LogP contribution in [-0.4, -0.2) is 35.6 Å². The van der Waals surface area contributed by atoms with E-state index in [0.717, 1.165) is 49.2 Å². The van der Waals surface area contributed by atoms with Crippen LogP contribution in [0.5, 0.6) is 0 Å². The molecule has 7 aromatic rings. The summed E-state index contributed by atoms with van der Waals surface area (Å²) in [6.07, 6.45) is 15.4. The van der Waals surface area contributed by atoms with Gasteiger partial charge in [-0.15, -0.1) is 0 Å². The van der Waals surface area contributed by atoms with Gasteiger partial charge < -0.3 is 9.64 Å². The molecule has 1 amide bonds. The van der Waals surface area contributed by atoms with Gasteiger partial charge in [0.15, 0.2) is 18.1 Å². The third kappa shape index (κ3) is 10.6. The van der Waals surface area contributed by atoms with Gasteiger partial charge in [0.25, 0.3) is 5.01 Å². The van der Waals surface area contributed by atoms with Crippen molar-refractivity contribution >= 4 is 84.3 Å². The van der Waals surface area contributed by atoms with Gasteiger partial charge in [0.05, 0.1) is 16.4 Å². The van der Waals surface area contributed by atoms with Crippen LogP contribution >= 0.6 is 23.1 Å². The van der Waals surface area contributed by atoms with Gasteiger partial charge in [-0.05, 0) is 114 Å². The number of hydrogen-bond acceptors (Lipinski definition) is 7. The number of hydrogen-bond donors (Lipinski definition) is 0. The van der Waals surface area contributed by atoms with E-state index in [4.69, 9.17) is 4.74 Å². The van der Waals surface area contributed by atoms with Gasteiger partial charge >= 0.3 is 6.09 Å². The zero-order valence-electron chi connectivity index (χ0n) is 39.9. The van der Waals surface area contributed by atoms with E-state index in [1.165, 1.54) is 43.3 Å². The monoisotopic (exact) mass is 960 g/mol. The largest absolute Gasteiger partial charge is 0.438 e. The SMILES string of the molecule is C=CC(=O)CCCN1/C(=C/C=C2\CCC(/C=C/c3sc4c5ccccc5ccc4[n+]3CCCC(=O)C=C)=C2N(CCc2ccccc2)C(=O)OC(C)(C)c2ccccc2)Sc2c1ccc1ccccc21. The van der Waals surface area contributed by atoms with E-state index in [2.05, 4.69) is 132 Å². The highest BCUT2D eigenvalue weighted by molar-refractivity contribution is 8.04. The summed E-state index contributed by atoms with van der Waals surface area (Å²) in [6.45, 7) is 13.0. The van der Waals surface area contributed by atoms with Gasteiger partial charge in [-0.3, -0.25) is 14.5 Å². The normalized spacial score (nSPS) is 14.9. The quantitative estimate of drug-likeness (QED) is 0.0594. The Morgan fingerprint density at radius 1 is 0.743 bits per heavy atom. The molecule has 0 unspecified atom stereocenters.